The van der Waals surface area contributed by atoms with E-state index in [0.29, 0.717) is 11.4 Å². The maximum Gasteiger partial charge on any atom is 0.298 e. The van der Waals surface area contributed by atoms with Gasteiger partial charge in [0.25, 0.3) is 11.7 Å². The van der Waals surface area contributed by atoms with Gasteiger partial charge < -0.3 is 9.88 Å². The number of hydrogen-bond acceptors (Lipinski definition) is 2. The lowest BCUT2D eigenvalue weighted by Crippen LogP contribution is -2.24. The van der Waals surface area contributed by atoms with Crippen LogP contribution in [0, 0.1) is 5.82 Å². The molecule has 0 radical (unpaired) electrons. The number of carbonyl (C=O) groups excluding carboxylic acids is 2. The first kappa shape index (κ1) is 12.0. The predicted molar refractivity (Wildman–Crippen MR) is 64.8 cm³/mol. The van der Waals surface area contributed by atoms with Crippen LogP contribution < -0.4 is 5.32 Å². The summed E-state index contributed by atoms with van der Waals surface area (Å²) in [6.07, 6.45) is 1.68. The van der Waals surface area contributed by atoms with E-state index in [2.05, 4.69) is 5.32 Å². The number of carbonyl (C=O) groups is 2. The average molecular weight is 246 g/mol. The van der Waals surface area contributed by atoms with Crippen LogP contribution in [0.15, 0.2) is 42.6 Å². The van der Waals surface area contributed by atoms with Crippen LogP contribution >= 0.6 is 0 Å². The van der Waals surface area contributed by atoms with Crippen LogP contribution in [0.4, 0.5) is 10.1 Å². The SMILES string of the molecule is Cn1cccc1C(=O)C(=O)Nc1ccc(F)cc1. The Morgan fingerprint density at radius 1 is 1.17 bits per heavy atom. The van der Waals surface area contributed by atoms with Crippen LogP contribution in [0.25, 0.3) is 0 Å². The molecular formula is C13H11FN2O2. The number of rotatable bonds is 3. The number of aromatic nitrogens is 1. The third kappa shape index (κ3) is 2.45. The topological polar surface area (TPSA) is 51.1 Å². The molecule has 0 aliphatic heterocycles. The van der Waals surface area contributed by atoms with Crippen molar-refractivity contribution in [3.63, 3.8) is 0 Å². The zero-order valence-electron chi connectivity index (χ0n) is 9.68. The van der Waals surface area contributed by atoms with Gasteiger partial charge in [-0.2, -0.15) is 0 Å². The summed E-state index contributed by atoms with van der Waals surface area (Å²) in [5.41, 5.74) is 0.679. The van der Waals surface area contributed by atoms with Gasteiger partial charge in [-0.1, -0.05) is 0 Å². The highest BCUT2D eigenvalue weighted by Gasteiger charge is 2.18. The van der Waals surface area contributed by atoms with Crippen LogP contribution in [-0.2, 0) is 11.8 Å². The molecule has 0 spiro atoms. The van der Waals surface area contributed by atoms with E-state index in [4.69, 9.17) is 0 Å². The minimum Gasteiger partial charge on any atom is -0.348 e. The van der Waals surface area contributed by atoms with Gasteiger partial charge in [-0.25, -0.2) is 4.39 Å². The Labute approximate surface area is 103 Å². The Bertz CT molecular complexity index is 587. The van der Waals surface area contributed by atoms with E-state index in [9.17, 15) is 14.0 Å². The monoisotopic (exact) mass is 246 g/mol. The lowest BCUT2D eigenvalue weighted by atomic mass is 10.2. The van der Waals surface area contributed by atoms with Gasteiger partial charge in [0.05, 0.1) is 5.69 Å². The number of hydrogen-bond donors (Lipinski definition) is 1. The lowest BCUT2D eigenvalue weighted by molar-refractivity contribution is -0.112. The Balaban J connectivity index is 2.11. The molecule has 0 saturated heterocycles. The third-order valence-electron chi connectivity index (χ3n) is 2.48. The summed E-state index contributed by atoms with van der Waals surface area (Å²) < 4.78 is 14.2. The number of ketones is 1. The second-order valence-corrected chi connectivity index (χ2v) is 3.79. The molecule has 92 valence electrons. The molecule has 1 N–H and O–H groups in total. The van der Waals surface area contributed by atoms with Crippen LogP contribution in [0.3, 0.4) is 0 Å². The fourth-order valence-electron chi connectivity index (χ4n) is 1.53. The minimum absolute atomic E-state index is 0.301. The second kappa shape index (κ2) is 4.83. The minimum atomic E-state index is -0.747. The molecule has 0 saturated carbocycles. The third-order valence-corrected chi connectivity index (χ3v) is 2.48. The summed E-state index contributed by atoms with van der Waals surface area (Å²) >= 11 is 0. The lowest BCUT2D eigenvalue weighted by Gasteiger charge is -2.05. The average Bonchev–Trinajstić information content (AvgIpc) is 2.77. The van der Waals surface area contributed by atoms with Crippen molar-refractivity contribution in [3.05, 3.63) is 54.1 Å². The molecule has 1 aromatic carbocycles. The van der Waals surface area contributed by atoms with E-state index in [1.54, 1.807) is 29.9 Å². The zero-order chi connectivity index (χ0) is 13.1. The molecule has 0 aliphatic carbocycles. The van der Waals surface area contributed by atoms with E-state index >= 15 is 0 Å². The van der Waals surface area contributed by atoms with Crippen molar-refractivity contribution in [2.75, 3.05) is 5.32 Å². The number of aryl methyl sites for hydroxylation is 1. The maximum atomic E-state index is 12.7. The molecule has 0 aliphatic rings. The van der Waals surface area contributed by atoms with E-state index in [1.165, 1.54) is 24.3 Å². The fourth-order valence-corrected chi connectivity index (χ4v) is 1.53. The normalized spacial score (nSPS) is 10.1. The van der Waals surface area contributed by atoms with Gasteiger partial charge in [0.15, 0.2) is 0 Å². The maximum absolute atomic E-state index is 12.7. The van der Waals surface area contributed by atoms with Crippen molar-refractivity contribution in [2.24, 2.45) is 7.05 Å². The highest BCUT2D eigenvalue weighted by atomic mass is 19.1. The molecule has 5 heteroatoms. The summed E-state index contributed by atoms with van der Waals surface area (Å²) in [5.74, 6) is -1.78. The number of benzene rings is 1. The summed E-state index contributed by atoms with van der Waals surface area (Å²) in [5, 5.41) is 2.42. The molecule has 1 amide bonds. The molecule has 0 fully saturated rings. The smallest absolute Gasteiger partial charge is 0.298 e. The Morgan fingerprint density at radius 2 is 1.83 bits per heavy atom. The van der Waals surface area contributed by atoms with Gasteiger partial charge in [-0.3, -0.25) is 9.59 Å². The molecular weight excluding hydrogens is 235 g/mol. The number of nitrogens with zero attached hydrogens (tertiary/aromatic N) is 1. The zero-order valence-corrected chi connectivity index (χ0v) is 9.68. The van der Waals surface area contributed by atoms with Crippen LogP contribution in [0.2, 0.25) is 0 Å². The number of amides is 1. The summed E-state index contributed by atoms with van der Waals surface area (Å²) in [6, 6.07) is 8.45. The Hall–Kier alpha value is -2.43. The number of nitrogens with one attached hydrogen (secondary N) is 1. The summed E-state index contributed by atoms with van der Waals surface area (Å²) in [7, 11) is 1.68. The van der Waals surface area contributed by atoms with Crippen molar-refractivity contribution < 1.29 is 14.0 Å². The van der Waals surface area contributed by atoms with E-state index in [-0.39, 0.29) is 0 Å². The van der Waals surface area contributed by atoms with Crippen LogP contribution in [0.1, 0.15) is 10.5 Å². The molecule has 1 aromatic heterocycles. The fraction of sp³-hybridized carbons (Fsp3) is 0.0769. The van der Waals surface area contributed by atoms with Gasteiger partial charge in [-0.05, 0) is 36.4 Å². The van der Waals surface area contributed by atoms with Gasteiger partial charge in [0.1, 0.15) is 5.82 Å². The van der Waals surface area contributed by atoms with Gasteiger partial charge in [-0.15, -0.1) is 0 Å². The Morgan fingerprint density at radius 3 is 2.39 bits per heavy atom. The van der Waals surface area contributed by atoms with Crippen molar-refractivity contribution in [2.45, 2.75) is 0 Å². The summed E-state index contributed by atoms with van der Waals surface area (Å²) in [6.45, 7) is 0. The number of halogens is 1. The van der Waals surface area contributed by atoms with E-state index in [1.807, 2.05) is 0 Å². The van der Waals surface area contributed by atoms with Crippen molar-refractivity contribution in [3.8, 4) is 0 Å². The molecule has 0 unspecified atom stereocenters. The Kier molecular flexibility index (Phi) is 3.23. The van der Waals surface area contributed by atoms with E-state index in [0.717, 1.165) is 0 Å². The second-order valence-electron chi connectivity index (χ2n) is 3.79. The largest absolute Gasteiger partial charge is 0.348 e. The van der Waals surface area contributed by atoms with Crippen molar-refractivity contribution >= 4 is 17.4 Å². The van der Waals surface area contributed by atoms with Crippen molar-refractivity contribution in [1.29, 1.82) is 0 Å². The molecule has 18 heavy (non-hydrogen) atoms. The first-order valence-corrected chi connectivity index (χ1v) is 5.30. The van der Waals surface area contributed by atoms with Crippen molar-refractivity contribution in [1.82, 2.24) is 4.57 Å². The molecule has 2 aromatic rings. The van der Waals surface area contributed by atoms with Gasteiger partial charge in [0, 0.05) is 18.9 Å². The highest BCUT2D eigenvalue weighted by molar-refractivity contribution is 6.46. The number of Topliss-reactive ketones (excluding diaryl/α,β-unsaturated/α-hetero) is 1. The predicted octanol–water partition coefficient (Wildman–Crippen LogP) is 1.99. The summed E-state index contributed by atoms with van der Waals surface area (Å²) in [4.78, 5) is 23.5. The van der Waals surface area contributed by atoms with E-state index < -0.39 is 17.5 Å². The highest BCUT2D eigenvalue weighted by Crippen LogP contribution is 2.09. The van der Waals surface area contributed by atoms with Crippen LogP contribution in [-0.4, -0.2) is 16.3 Å². The van der Waals surface area contributed by atoms with Gasteiger partial charge in [0.2, 0.25) is 0 Å². The van der Waals surface area contributed by atoms with Crippen LogP contribution in [0.5, 0.6) is 0 Å². The molecule has 4 nitrogen and oxygen atoms in total. The molecule has 0 bridgehead atoms. The molecule has 2 rings (SSSR count). The van der Waals surface area contributed by atoms with Gasteiger partial charge >= 0.3 is 0 Å². The molecule has 0 atom stereocenters. The quantitative estimate of drug-likeness (QED) is 0.665. The number of anilines is 1. The standard InChI is InChI=1S/C13H11FN2O2/c1-16-8-2-3-11(16)12(17)13(18)15-10-6-4-9(14)5-7-10/h2-8H,1H3,(H,15,18). The first-order chi connectivity index (χ1) is 8.58. The molecule has 1 heterocycles. The first-order valence-electron chi connectivity index (χ1n) is 5.30.